The number of aromatic nitrogens is 2. The number of rotatable bonds is 6. The van der Waals surface area contributed by atoms with Crippen molar-refractivity contribution in [2.24, 2.45) is 14.1 Å². The number of phosphoric ester groups is 1. The predicted octanol–water partition coefficient (Wildman–Crippen LogP) is 3.71. The Morgan fingerprint density at radius 1 is 0.929 bits per heavy atom. The van der Waals surface area contributed by atoms with Gasteiger partial charge in [-0.25, -0.2) is 9.13 Å². The maximum absolute atomic E-state index is 10.4. The molecular formula is C21H27N2O4P. The van der Waals surface area contributed by atoms with E-state index in [1.54, 1.807) is 13.8 Å². The first-order valence-corrected chi connectivity index (χ1v) is 10.6. The molecule has 2 aromatic carbocycles. The Morgan fingerprint density at radius 3 is 1.86 bits per heavy atom. The van der Waals surface area contributed by atoms with Crippen LogP contribution in [0.25, 0.3) is 22.5 Å². The van der Waals surface area contributed by atoms with E-state index in [4.69, 9.17) is 0 Å². The van der Waals surface area contributed by atoms with Gasteiger partial charge in [0, 0.05) is 11.1 Å². The van der Waals surface area contributed by atoms with Crippen LogP contribution in [-0.4, -0.2) is 17.8 Å². The number of phosphoric acid groups is 1. The average molecular weight is 402 g/mol. The predicted molar refractivity (Wildman–Crippen MR) is 108 cm³/mol. The zero-order valence-electron chi connectivity index (χ0n) is 16.7. The largest absolute Gasteiger partial charge is 0.756 e. The molecule has 28 heavy (non-hydrogen) atoms. The molecule has 1 heterocycles. The summed E-state index contributed by atoms with van der Waals surface area (Å²) in [6.07, 6.45) is 2.12. The third-order valence-corrected chi connectivity index (χ3v) is 5.09. The molecule has 0 N–H and O–H groups in total. The molecule has 0 bridgehead atoms. The van der Waals surface area contributed by atoms with Gasteiger partial charge in [0.25, 0.3) is 7.82 Å². The Balaban J connectivity index is 0.000000266. The molecule has 0 aliphatic rings. The lowest BCUT2D eigenvalue weighted by Crippen LogP contribution is -2.27. The highest BCUT2D eigenvalue weighted by Crippen LogP contribution is 2.37. The number of nitrogens with zero attached hydrogens (tertiary/aromatic N) is 2. The molecule has 7 heteroatoms. The molecule has 3 aromatic rings. The number of imidazole rings is 1. The van der Waals surface area contributed by atoms with Crippen molar-refractivity contribution >= 4 is 7.82 Å². The normalized spacial score (nSPS) is 11.0. The average Bonchev–Trinajstić information content (AvgIpc) is 2.97. The van der Waals surface area contributed by atoms with Gasteiger partial charge >= 0.3 is 0 Å². The summed E-state index contributed by atoms with van der Waals surface area (Å²) in [5, 5.41) is 0. The molecule has 0 amide bonds. The highest BCUT2D eigenvalue weighted by Gasteiger charge is 2.21. The molecule has 0 aliphatic heterocycles. The smallest absolute Gasteiger partial charge is 0.267 e. The summed E-state index contributed by atoms with van der Waals surface area (Å²) in [6, 6.07) is 21.0. The van der Waals surface area contributed by atoms with E-state index in [2.05, 4.69) is 99.3 Å². The number of aryl methyl sites for hydroxylation is 2. The van der Waals surface area contributed by atoms with E-state index in [1.165, 1.54) is 22.5 Å². The fourth-order valence-corrected chi connectivity index (χ4v) is 3.64. The van der Waals surface area contributed by atoms with E-state index in [0.29, 0.717) is 0 Å². The number of hydrogen-bond acceptors (Lipinski definition) is 4. The fourth-order valence-electron chi connectivity index (χ4n) is 2.94. The fraction of sp³-hybridized carbons (Fsp3) is 0.286. The van der Waals surface area contributed by atoms with Crippen molar-refractivity contribution in [1.29, 1.82) is 0 Å². The van der Waals surface area contributed by atoms with Gasteiger partial charge in [-0.05, 0) is 13.8 Å². The van der Waals surface area contributed by atoms with Gasteiger partial charge in [-0.2, -0.15) is 0 Å². The van der Waals surface area contributed by atoms with E-state index in [1.807, 2.05) is 0 Å². The molecule has 0 fully saturated rings. The quantitative estimate of drug-likeness (QED) is 0.466. The van der Waals surface area contributed by atoms with Crippen LogP contribution in [0.3, 0.4) is 0 Å². The third kappa shape index (κ3) is 5.88. The monoisotopic (exact) mass is 402 g/mol. The van der Waals surface area contributed by atoms with Gasteiger partial charge in [0.15, 0.2) is 11.4 Å². The Kier molecular flexibility index (Phi) is 8.15. The van der Waals surface area contributed by atoms with E-state index in [0.717, 1.165) is 0 Å². The van der Waals surface area contributed by atoms with Crippen LogP contribution in [-0.2, 0) is 27.7 Å². The topological polar surface area (TPSA) is 67.4 Å². The van der Waals surface area contributed by atoms with Crippen LogP contribution < -0.4 is 9.46 Å². The lowest BCUT2D eigenvalue weighted by molar-refractivity contribution is -0.660. The van der Waals surface area contributed by atoms with Crippen LogP contribution in [0.5, 0.6) is 0 Å². The molecule has 3 rings (SSSR count). The highest BCUT2D eigenvalue weighted by atomic mass is 31.2. The van der Waals surface area contributed by atoms with Crippen LogP contribution in [0, 0.1) is 0 Å². The number of hydrogen-bond donors (Lipinski definition) is 0. The van der Waals surface area contributed by atoms with Crippen molar-refractivity contribution in [3.8, 4) is 22.5 Å². The lowest BCUT2D eigenvalue weighted by atomic mass is 10.0. The molecule has 0 saturated carbocycles. The highest BCUT2D eigenvalue weighted by molar-refractivity contribution is 7.45. The minimum absolute atomic E-state index is 0.126. The molecule has 0 aliphatic carbocycles. The molecule has 0 unspecified atom stereocenters. The first-order valence-electron chi connectivity index (χ1n) is 9.15. The summed E-state index contributed by atoms with van der Waals surface area (Å²) in [5.41, 5.74) is 4.97. The SMILES string of the molecule is CCOP(=O)([O-])OCC.Cn1c[n+](C)c(-c2ccccc2)c1-c1ccccc1. The third-order valence-electron chi connectivity index (χ3n) is 3.95. The summed E-state index contributed by atoms with van der Waals surface area (Å²) in [7, 11) is 0.242. The lowest BCUT2D eigenvalue weighted by Gasteiger charge is -2.20. The van der Waals surface area contributed by atoms with Crippen LogP contribution >= 0.6 is 7.82 Å². The Morgan fingerprint density at radius 2 is 1.39 bits per heavy atom. The second kappa shape index (κ2) is 10.3. The zero-order chi connectivity index (χ0) is 20.6. The van der Waals surface area contributed by atoms with Crippen molar-refractivity contribution < 1.29 is 23.1 Å². The van der Waals surface area contributed by atoms with Crippen LogP contribution in [0.4, 0.5) is 0 Å². The van der Waals surface area contributed by atoms with E-state index in [9.17, 15) is 9.46 Å². The standard InChI is InChI=1S/C17H17N2.C4H11O4P/c1-18-13-19(2)17(15-11-7-4-8-12-15)16(18)14-9-5-3-6-10-14;1-3-7-9(5,6)8-4-2/h3-13H,1-2H3;3-4H2,1-2H3,(H,5,6)/q+1;/p-1. The van der Waals surface area contributed by atoms with E-state index in [-0.39, 0.29) is 13.2 Å². The molecular weight excluding hydrogens is 375 g/mol. The van der Waals surface area contributed by atoms with Crippen molar-refractivity contribution in [2.45, 2.75) is 13.8 Å². The molecule has 0 atom stereocenters. The summed E-state index contributed by atoms with van der Waals surface area (Å²) in [6.45, 7) is 3.43. The summed E-state index contributed by atoms with van der Waals surface area (Å²) >= 11 is 0. The summed E-state index contributed by atoms with van der Waals surface area (Å²) < 4.78 is 23.3. The first kappa shape index (κ1) is 22.1. The summed E-state index contributed by atoms with van der Waals surface area (Å²) in [4.78, 5) is 10.4. The molecule has 0 saturated heterocycles. The van der Waals surface area contributed by atoms with Crippen LogP contribution in [0.2, 0.25) is 0 Å². The van der Waals surface area contributed by atoms with Crippen molar-refractivity contribution in [2.75, 3.05) is 13.2 Å². The van der Waals surface area contributed by atoms with E-state index >= 15 is 0 Å². The van der Waals surface area contributed by atoms with Gasteiger partial charge in [-0.1, -0.05) is 60.7 Å². The summed E-state index contributed by atoms with van der Waals surface area (Å²) in [5.74, 6) is 0. The molecule has 6 nitrogen and oxygen atoms in total. The van der Waals surface area contributed by atoms with Crippen LogP contribution in [0.15, 0.2) is 67.0 Å². The maximum Gasteiger partial charge on any atom is 0.267 e. The van der Waals surface area contributed by atoms with Gasteiger partial charge in [-0.3, -0.25) is 4.57 Å². The van der Waals surface area contributed by atoms with Gasteiger partial charge in [-0.15, -0.1) is 0 Å². The number of benzene rings is 2. The molecule has 1 aromatic heterocycles. The Hall–Kier alpha value is -2.24. The van der Waals surface area contributed by atoms with Crippen molar-refractivity contribution in [3.63, 3.8) is 0 Å². The van der Waals surface area contributed by atoms with Gasteiger partial charge in [0.2, 0.25) is 6.33 Å². The van der Waals surface area contributed by atoms with Gasteiger partial charge in [0.05, 0.1) is 27.3 Å². The molecule has 0 radical (unpaired) electrons. The maximum atomic E-state index is 10.4. The zero-order valence-corrected chi connectivity index (χ0v) is 17.6. The molecule has 0 spiro atoms. The van der Waals surface area contributed by atoms with Crippen LogP contribution in [0.1, 0.15) is 13.8 Å². The first-order chi connectivity index (χ1) is 13.4. The second-order valence-electron chi connectivity index (χ2n) is 6.05. The Bertz CT molecular complexity index is 841. The van der Waals surface area contributed by atoms with Gasteiger partial charge in [0.1, 0.15) is 0 Å². The van der Waals surface area contributed by atoms with E-state index < -0.39 is 7.82 Å². The van der Waals surface area contributed by atoms with Crippen molar-refractivity contribution in [3.05, 3.63) is 67.0 Å². The minimum Gasteiger partial charge on any atom is -0.756 e. The van der Waals surface area contributed by atoms with Crippen molar-refractivity contribution in [1.82, 2.24) is 4.57 Å². The van der Waals surface area contributed by atoms with Gasteiger partial charge < -0.3 is 13.9 Å². The second-order valence-corrected chi connectivity index (χ2v) is 7.46. The Labute approximate surface area is 166 Å². The minimum atomic E-state index is -3.94. The molecule has 150 valence electrons.